The number of hydrogen-bond donors (Lipinski definition) is 0. The summed E-state index contributed by atoms with van der Waals surface area (Å²) in [6.07, 6.45) is 0. The van der Waals surface area contributed by atoms with E-state index in [1.165, 1.54) is 6.92 Å². The van der Waals surface area contributed by atoms with Crippen molar-refractivity contribution in [2.24, 2.45) is 0 Å². The van der Waals surface area contributed by atoms with Crippen LogP contribution in [-0.2, 0) is 17.5 Å². The van der Waals surface area contributed by atoms with E-state index < -0.39 is 8.25 Å². The summed E-state index contributed by atoms with van der Waals surface area (Å²) < 4.78 is 18.6. The minimum atomic E-state index is -2.17. The SMILES string of the molecule is CC(=O)CO[P+](=O)OBr. The summed E-state index contributed by atoms with van der Waals surface area (Å²) in [5, 5.41) is 0. The van der Waals surface area contributed by atoms with Crippen LogP contribution < -0.4 is 0 Å². The molecule has 0 radical (unpaired) electrons. The molecule has 0 fully saturated rings. The lowest BCUT2D eigenvalue weighted by Crippen LogP contribution is -1.97. The number of hydrogen-bond acceptors (Lipinski definition) is 4. The summed E-state index contributed by atoms with van der Waals surface area (Å²) in [6, 6.07) is 0. The highest BCUT2D eigenvalue weighted by atomic mass is 79.9. The Bertz CT molecular complexity index is 125. The molecule has 0 saturated heterocycles. The number of rotatable bonds is 4. The molecule has 0 N–H and O–H groups in total. The van der Waals surface area contributed by atoms with Gasteiger partial charge < -0.3 is 0 Å². The Morgan fingerprint density at radius 3 is 2.67 bits per heavy atom. The molecule has 1 unspecified atom stereocenters. The van der Waals surface area contributed by atoms with Crippen molar-refractivity contribution in [2.45, 2.75) is 6.92 Å². The van der Waals surface area contributed by atoms with Gasteiger partial charge in [-0.2, -0.15) is 0 Å². The predicted molar refractivity (Wildman–Crippen MR) is 34.3 cm³/mol. The van der Waals surface area contributed by atoms with Gasteiger partial charge in [-0.1, -0.05) is 0 Å². The molecule has 6 heteroatoms. The first-order valence-electron chi connectivity index (χ1n) is 2.05. The van der Waals surface area contributed by atoms with Crippen molar-refractivity contribution >= 4 is 30.3 Å². The molecule has 0 aliphatic carbocycles. The maximum Gasteiger partial charge on any atom is 0.710 e. The van der Waals surface area contributed by atoms with Crippen LogP contribution in [0.1, 0.15) is 6.92 Å². The number of carbonyl (C=O) groups is 1. The third kappa shape index (κ3) is 6.05. The lowest BCUT2D eigenvalue weighted by molar-refractivity contribution is -0.118. The largest absolute Gasteiger partial charge is 0.710 e. The van der Waals surface area contributed by atoms with Gasteiger partial charge in [-0.25, -0.2) is 0 Å². The second kappa shape index (κ2) is 4.99. The number of carbonyl (C=O) groups excluding carboxylic acids is 1. The number of ketones is 1. The van der Waals surface area contributed by atoms with Gasteiger partial charge in [0.1, 0.15) is 0 Å². The van der Waals surface area contributed by atoms with Gasteiger partial charge in [0.2, 0.25) is 0 Å². The van der Waals surface area contributed by atoms with Crippen molar-refractivity contribution < 1.29 is 17.5 Å². The van der Waals surface area contributed by atoms with Crippen molar-refractivity contribution in [1.29, 1.82) is 0 Å². The molecule has 0 aliphatic rings. The van der Waals surface area contributed by atoms with Crippen LogP contribution >= 0.6 is 24.5 Å². The molecule has 0 aromatic heterocycles. The van der Waals surface area contributed by atoms with E-state index >= 15 is 0 Å². The summed E-state index contributed by atoms with van der Waals surface area (Å²) in [7, 11) is -2.17. The zero-order valence-electron chi connectivity index (χ0n) is 4.67. The highest BCUT2D eigenvalue weighted by molar-refractivity contribution is 9.06. The molecule has 0 spiro atoms. The standard InChI is InChI=1S/C3H5BrO4P/c1-3(5)2-7-9(6)8-4/h2H2,1H3/q+1. The van der Waals surface area contributed by atoms with Crippen LogP contribution in [0.2, 0.25) is 0 Å². The van der Waals surface area contributed by atoms with Crippen LogP contribution in [0.5, 0.6) is 0 Å². The van der Waals surface area contributed by atoms with Crippen molar-refractivity contribution in [3.63, 3.8) is 0 Å². The Morgan fingerprint density at radius 2 is 2.33 bits per heavy atom. The predicted octanol–water partition coefficient (Wildman–Crippen LogP) is 1.58. The zero-order valence-corrected chi connectivity index (χ0v) is 7.15. The quantitative estimate of drug-likeness (QED) is 0.669. The van der Waals surface area contributed by atoms with Gasteiger partial charge in [-0.05, 0) is 10.5 Å². The van der Waals surface area contributed by atoms with Gasteiger partial charge in [0.15, 0.2) is 28.6 Å². The highest BCUT2D eigenvalue weighted by Crippen LogP contribution is 2.25. The molecule has 0 bridgehead atoms. The van der Waals surface area contributed by atoms with E-state index in [2.05, 4.69) is 24.4 Å². The molecule has 1 atom stereocenters. The molecule has 0 aliphatic heterocycles. The summed E-state index contributed by atoms with van der Waals surface area (Å²) in [4.78, 5) is 10.1. The van der Waals surface area contributed by atoms with Gasteiger partial charge in [0, 0.05) is 4.57 Å². The van der Waals surface area contributed by atoms with E-state index in [1.807, 2.05) is 0 Å². The van der Waals surface area contributed by atoms with E-state index in [0.717, 1.165) is 0 Å². The average Bonchev–Trinajstić information content (AvgIpc) is 1.83. The fourth-order valence-corrected chi connectivity index (χ4v) is 0.741. The van der Waals surface area contributed by atoms with E-state index in [9.17, 15) is 9.36 Å². The van der Waals surface area contributed by atoms with Crippen LogP contribution in [0, 0.1) is 0 Å². The summed E-state index contributed by atoms with van der Waals surface area (Å²) in [5.41, 5.74) is 0. The minimum absolute atomic E-state index is 0.180. The summed E-state index contributed by atoms with van der Waals surface area (Å²) >= 11 is 2.44. The Morgan fingerprint density at radius 1 is 1.78 bits per heavy atom. The molecule has 4 nitrogen and oxygen atoms in total. The van der Waals surface area contributed by atoms with Crippen molar-refractivity contribution in [3.8, 4) is 0 Å². The number of halogens is 1. The molecule has 0 amide bonds. The van der Waals surface area contributed by atoms with E-state index in [4.69, 9.17) is 0 Å². The van der Waals surface area contributed by atoms with E-state index in [0.29, 0.717) is 0 Å². The lowest BCUT2D eigenvalue weighted by atomic mass is 10.5. The van der Waals surface area contributed by atoms with Crippen LogP contribution in [0.3, 0.4) is 0 Å². The lowest BCUT2D eigenvalue weighted by Gasteiger charge is -1.79. The molecule has 0 saturated carbocycles. The van der Waals surface area contributed by atoms with Crippen LogP contribution in [0.25, 0.3) is 0 Å². The van der Waals surface area contributed by atoms with Gasteiger partial charge in [0.25, 0.3) is 0 Å². The zero-order chi connectivity index (χ0) is 7.28. The molecule has 0 rings (SSSR count). The van der Waals surface area contributed by atoms with Crippen molar-refractivity contribution in [3.05, 3.63) is 0 Å². The number of Topliss-reactive ketones (excluding diaryl/α,β-unsaturated/α-hetero) is 1. The fraction of sp³-hybridized carbons (Fsp3) is 0.667. The van der Waals surface area contributed by atoms with E-state index in [1.54, 1.807) is 0 Å². The van der Waals surface area contributed by atoms with Gasteiger partial charge in [-0.3, -0.25) is 4.79 Å². The van der Waals surface area contributed by atoms with Gasteiger partial charge in [0.05, 0.1) is 0 Å². The molecule has 0 aromatic rings. The van der Waals surface area contributed by atoms with Crippen molar-refractivity contribution in [2.75, 3.05) is 6.61 Å². The normalized spacial score (nSPS) is 11.1. The smallest absolute Gasteiger partial charge is 0.297 e. The Balaban J connectivity index is 3.28. The molecular formula is C3H5BrO4P+. The fourth-order valence-electron chi connectivity index (χ4n) is 0.164. The second-order valence-corrected chi connectivity index (χ2v) is 2.98. The van der Waals surface area contributed by atoms with Gasteiger partial charge >= 0.3 is 8.25 Å². The molecule has 9 heavy (non-hydrogen) atoms. The maximum absolute atomic E-state index is 10.2. The van der Waals surface area contributed by atoms with Crippen molar-refractivity contribution in [1.82, 2.24) is 0 Å². The average molecular weight is 216 g/mol. The third-order valence-electron chi connectivity index (χ3n) is 0.430. The van der Waals surface area contributed by atoms with Crippen LogP contribution in [0.4, 0.5) is 0 Å². The first-order valence-corrected chi connectivity index (χ1v) is 3.79. The third-order valence-corrected chi connectivity index (χ3v) is 1.59. The highest BCUT2D eigenvalue weighted by Gasteiger charge is 2.19. The Hall–Kier alpha value is 0.170. The van der Waals surface area contributed by atoms with E-state index in [-0.39, 0.29) is 12.4 Å². The van der Waals surface area contributed by atoms with Crippen LogP contribution in [-0.4, -0.2) is 12.4 Å². The molecular weight excluding hydrogens is 211 g/mol. The first kappa shape index (κ1) is 9.17. The molecule has 52 valence electrons. The monoisotopic (exact) mass is 215 g/mol. The summed E-state index contributed by atoms with van der Waals surface area (Å²) in [6.45, 7) is 1.15. The Labute approximate surface area is 61.9 Å². The maximum atomic E-state index is 10.2. The van der Waals surface area contributed by atoms with Crippen LogP contribution in [0.15, 0.2) is 0 Å². The molecule has 0 heterocycles. The minimum Gasteiger partial charge on any atom is -0.297 e. The first-order chi connectivity index (χ1) is 4.16. The summed E-state index contributed by atoms with van der Waals surface area (Å²) in [5.74, 6) is -0.192. The Kier molecular flexibility index (Phi) is 5.09. The van der Waals surface area contributed by atoms with Gasteiger partial charge in [-0.15, -0.1) is 4.52 Å². The topological polar surface area (TPSA) is 52.6 Å². The second-order valence-electron chi connectivity index (χ2n) is 1.27. The molecule has 0 aromatic carbocycles.